The van der Waals surface area contributed by atoms with E-state index in [1.807, 2.05) is 0 Å². The first kappa shape index (κ1) is 25.2. The maximum absolute atomic E-state index is 11.2. The second-order valence-corrected chi connectivity index (χ2v) is 10.6. The molecule has 31 heavy (non-hydrogen) atoms. The van der Waals surface area contributed by atoms with Crippen LogP contribution in [0.5, 0.6) is 11.5 Å². The number of aliphatic hydroxyl groups is 2. The molecule has 0 aliphatic rings. The van der Waals surface area contributed by atoms with Crippen LogP contribution in [0.2, 0.25) is 0 Å². The lowest BCUT2D eigenvalue weighted by Gasteiger charge is -2.33. The minimum atomic E-state index is -0.222. The van der Waals surface area contributed by atoms with Gasteiger partial charge in [0.2, 0.25) is 0 Å². The third-order valence-electron chi connectivity index (χ3n) is 5.96. The van der Waals surface area contributed by atoms with Crippen molar-refractivity contribution in [2.45, 2.75) is 84.5 Å². The van der Waals surface area contributed by atoms with E-state index in [1.165, 1.54) is 0 Å². The number of hydrogen-bond acceptors (Lipinski definition) is 4. The molecule has 0 atom stereocenters. The SMILES string of the molecule is CCC(c1c(O)cc(CCO)cc1C(C)(C)C)c1c(O)cc(CCO)cc1C(C)(C)C. The predicted octanol–water partition coefficient (Wildman–Crippen LogP) is 5.30. The van der Waals surface area contributed by atoms with Crippen LogP contribution in [0.4, 0.5) is 0 Å². The Balaban J connectivity index is 2.85. The molecule has 2 aromatic carbocycles. The molecule has 0 aromatic heterocycles. The zero-order valence-corrected chi connectivity index (χ0v) is 20.2. The van der Waals surface area contributed by atoms with Crippen LogP contribution < -0.4 is 0 Å². The first-order valence-electron chi connectivity index (χ1n) is 11.3. The molecule has 4 nitrogen and oxygen atoms in total. The summed E-state index contributed by atoms with van der Waals surface area (Å²) in [6.07, 6.45) is 1.69. The Hall–Kier alpha value is -2.04. The summed E-state index contributed by atoms with van der Waals surface area (Å²) in [5.41, 5.74) is 5.10. The fraction of sp³-hybridized carbons (Fsp3) is 0.556. The van der Waals surface area contributed by atoms with E-state index in [0.29, 0.717) is 19.3 Å². The largest absolute Gasteiger partial charge is 0.508 e. The van der Waals surface area contributed by atoms with Crippen molar-refractivity contribution in [1.82, 2.24) is 0 Å². The smallest absolute Gasteiger partial charge is 0.119 e. The number of phenolic OH excluding ortho intramolecular Hbond substituents is 2. The molecule has 0 radical (unpaired) electrons. The zero-order chi connectivity index (χ0) is 23.6. The van der Waals surface area contributed by atoms with Gasteiger partial charge in [-0.1, -0.05) is 60.6 Å². The third kappa shape index (κ3) is 5.61. The Bertz CT molecular complexity index is 827. The molecule has 172 valence electrons. The van der Waals surface area contributed by atoms with Gasteiger partial charge in [-0.05, 0) is 64.5 Å². The molecule has 4 N–H and O–H groups in total. The lowest BCUT2D eigenvalue weighted by Crippen LogP contribution is -2.21. The van der Waals surface area contributed by atoms with E-state index in [2.05, 4.69) is 60.6 Å². The van der Waals surface area contributed by atoms with E-state index in [9.17, 15) is 20.4 Å². The van der Waals surface area contributed by atoms with Gasteiger partial charge in [0.25, 0.3) is 0 Å². The van der Waals surface area contributed by atoms with Gasteiger partial charge in [0.15, 0.2) is 0 Å². The molecule has 2 aromatic rings. The fourth-order valence-electron chi connectivity index (χ4n) is 4.47. The van der Waals surface area contributed by atoms with Crippen molar-refractivity contribution in [3.63, 3.8) is 0 Å². The lowest BCUT2D eigenvalue weighted by molar-refractivity contribution is 0.299. The maximum Gasteiger partial charge on any atom is 0.119 e. The molecule has 0 saturated carbocycles. The zero-order valence-electron chi connectivity index (χ0n) is 20.2. The highest BCUT2D eigenvalue weighted by Crippen LogP contribution is 2.47. The van der Waals surface area contributed by atoms with Gasteiger partial charge < -0.3 is 20.4 Å². The van der Waals surface area contributed by atoms with Gasteiger partial charge in [-0.3, -0.25) is 0 Å². The molecule has 0 aliphatic heterocycles. The molecule has 0 bridgehead atoms. The summed E-state index contributed by atoms with van der Waals surface area (Å²) in [6, 6.07) is 7.67. The highest BCUT2D eigenvalue weighted by molar-refractivity contribution is 5.57. The summed E-state index contributed by atoms with van der Waals surface area (Å²) in [7, 11) is 0. The molecular formula is C27H40O4. The summed E-state index contributed by atoms with van der Waals surface area (Å²) < 4.78 is 0. The Morgan fingerprint density at radius 2 is 1.03 bits per heavy atom. The van der Waals surface area contributed by atoms with Crippen LogP contribution >= 0.6 is 0 Å². The average molecular weight is 429 g/mol. The first-order chi connectivity index (χ1) is 14.3. The van der Waals surface area contributed by atoms with Crippen LogP contribution in [0.15, 0.2) is 24.3 Å². The van der Waals surface area contributed by atoms with Crippen molar-refractivity contribution >= 4 is 0 Å². The van der Waals surface area contributed by atoms with Crippen molar-refractivity contribution in [3.05, 3.63) is 57.6 Å². The molecule has 4 heteroatoms. The number of benzene rings is 2. The molecular weight excluding hydrogens is 388 g/mol. The quantitative estimate of drug-likeness (QED) is 0.482. The monoisotopic (exact) mass is 428 g/mol. The summed E-state index contributed by atoms with van der Waals surface area (Å²) >= 11 is 0. The van der Waals surface area contributed by atoms with E-state index < -0.39 is 0 Å². The minimum absolute atomic E-state index is 0.0286. The summed E-state index contributed by atoms with van der Waals surface area (Å²) in [5, 5.41) is 41.1. The Morgan fingerprint density at radius 1 is 0.677 bits per heavy atom. The van der Waals surface area contributed by atoms with Gasteiger partial charge in [0.1, 0.15) is 11.5 Å². The molecule has 0 heterocycles. The van der Waals surface area contributed by atoms with Crippen molar-refractivity contribution in [3.8, 4) is 11.5 Å². The van der Waals surface area contributed by atoms with Crippen LogP contribution in [0.3, 0.4) is 0 Å². The van der Waals surface area contributed by atoms with Crippen LogP contribution in [0, 0.1) is 0 Å². The van der Waals surface area contributed by atoms with E-state index in [0.717, 1.165) is 33.4 Å². The Kier molecular flexibility index (Phi) is 7.83. The molecule has 0 aliphatic carbocycles. The summed E-state index contributed by atoms with van der Waals surface area (Å²) in [5.74, 6) is 0.234. The number of aliphatic hydroxyl groups excluding tert-OH is 2. The number of hydrogen-bond donors (Lipinski definition) is 4. The van der Waals surface area contributed by atoms with Crippen molar-refractivity contribution in [2.24, 2.45) is 0 Å². The number of aromatic hydroxyl groups is 2. The van der Waals surface area contributed by atoms with E-state index in [-0.39, 0.29) is 41.5 Å². The van der Waals surface area contributed by atoms with Gasteiger partial charge in [-0.2, -0.15) is 0 Å². The highest BCUT2D eigenvalue weighted by atomic mass is 16.3. The second-order valence-electron chi connectivity index (χ2n) is 10.6. The summed E-state index contributed by atoms with van der Waals surface area (Å²) in [6.45, 7) is 14.9. The van der Waals surface area contributed by atoms with Gasteiger partial charge in [0, 0.05) is 30.3 Å². The van der Waals surface area contributed by atoms with Crippen LogP contribution in [0.1, 0.15) is 94.2 Å². The normalized spacial score (nSPS) is 12.6. The van der Waals surface area contributed by atoms with Crippen molar-refractivity contribution in [1.29, 1.82) is 0 Å². The second kappa shape index (κ2) is 9.62. The maximum atomic E-state index is 11.2. The molecule has 0 spiro atoms. The molecule has 0 unspecified atom stereocenters. The number of rotatable bonds is 7. The van der Waals surface area contributed by atoms with E-state index >= 15 is 0 Å². The Morgan fingerprint density at radius 3 is 1.29 bits per heavy atom. The van der Waals surface area contributed by atoms with E-state index in [1.54, 1.807) is 12.1 Å². The van der Waals surface area contributed by atoms with E-state index in [4.69, 9.17) is 0 Å². The van der Waals surface area contributed by atoms with Crippen molar-refractivity contribution < 1.29 is 20.4 Å². The molecule has 0 saturated heterocycles. The number of phenols is 2. The molecule has 0 amide bonds. The topological polar surface area (TPSA) is 80.9 Å². The molecule has 0 fully saturated rings. The molecule has 2 rings (SSSR count). The predicted molar refractivity (Wildman–Crippen MR) is 127 cm³/mol. The van der Waals surface area contributed by atoms with Crippen LogP contribution in [-0.2, 0) is 23.7 Å². The highest BCUT2D eigenvalue weighted by Gasteiger charge is 2.32. The van der Waals surface area contributed by atoms with Crippen molar-refractivity contribution in [2.75, 3.05) is 13.2 Å². The van der Waals surface area contributed by atoms with Gasteiger partial charge in [0.05, 0.1) is 0 Å². The third-order valence-corrected chi connectivity index (χ3v) is 5.96. The van der Waals surface area contributed by atoms with Gasteiger partial charge in [-0.25, -0.2) is 0 Å². The summed E-state index contributed by atoms with van der Waals surface area (Å²) in [4.78, 5) is 0. The lowest BCUT2D eigenvalue weighted by atomic mass is 9.72. The van der Waals surface area contributed by atoms with Crippen LogP contribution in [-0.4, -0.2) is 33.6 Å². The van der Waals surface area contributed by atoms with Crippen LogP contribution in [0.25, 0.3) is 0 Å². The van der Waals surface area contributed by atoms with Gasteiger partial charge in [-0.15, -0.1) is 0 Å². The fourth-order valence-corrected chi connectivity index (χ4v) is 4.47. The Labute approximate surface area is 187 Å². The minimum Gasteiger partial charge on any atom is -0.508 e. The first-order valence-corrected chi connectivity index (χ1v) is 11.3. The van der Waals surface area contributed by atoms with Gasteiger partial charge >= 0.3 is 0 Å². The standard InChI is InChI=1S/C27H40O4/c1-8-19(24-20(26(2,3)4)13-17(9-11-28)15-22(24)30)25-21(27(5,6)7)14-18(10-12-29)16-23(25)31/h13-16,19,28-31H,8-12H2,1-7H3. The average Bonchev–Trinajstić information content (AvgIpc) is 2.63.